The Kier molecular flexibility index (Phi) is 5.28. The Bertz CT molecular complexity index is 1410. The number of carbonyl (C=O) groups is 2. The highest BCUT2D eigenvalue weighted by Crippen LogP contribution is 2.42. The molecule has 0 spiro atoms. The van der Waals surface area contributed by atoms with Crippen molar-refractivity contribution in [3.8, 4) is 11.8 Å². The number of aryl methyl sites for hydroxylation is 1. The predicted molar refractivity (Wildman–Crippen MR) is 114 cm³/mol. The Morgan fingerprint density at radius 1 is 1.28 bits per heavy atom. The molecule has 2 aromatic carbocycles. The van der Waals surface area contributed by atoms with Crippen LogP contribution < -0.4 is 4.74 Å². The second kappa shape index (κ2) is 8.07. The molecule has 1 unspecified atom stereocenters. The number of carbonyl (C=O) groups excluding carboxylic acids is 1. The van der Waals surface area contributed by atoms with Gasteiger partial charge in [0.15, 0.2) is 5.58 Å². The molecule has 0 radical (unpaired) electrons. The molecule has 0 saturated carbocycles. The number of nitriles is 1. The fourth-order valence-corrected chi connectivity index (χ4v) is 3.94. The van der Waals surface area contributed by atoms with Crippen LogP contribution in [0.3, 0.4) is 0 Å². The lowest BCUT2D eigenvalue weighted by Gasteiger charge is -2.19. The van der Waals surface area contributed by atoms with Gasteiger partial charge < -0.3 is 19.0 Å². The van der Waals surface area contributed by atoms with Crippen molar-refractivity contribution in [3.63, 3.8) is 0 Å². The number of hydrogen-bond acceptors (Lipinski definition) is 7. The number of ether oxygens (including phenoxy) is 2. The highest BCUT2D eigenvalue weighted by atomic mass is 16.5. The molecule has 32 heavy (non-hydrogen) atoms. The maximum Gasteiger partial charge on any atom is 0.416 e. The predicted octanol–water partition coefficient (Wildman–Crippen LogP) is 4.19. The van der Waals surface area contributed by atoms with Gasteiger partial charge in [-0.3, -0.25) is 9.36 Å². The van der Waals surface area contributed by atoms with E-state index in [4.69, 9.17) is 19.2 Å². The molecule has 0 aliphatic heterocycles. The van der Waals surface area contributed by atoms with E-state index in [1.54, 1.807) is 37.3 Å². The van der Waals surface area contributed by atoms with E-state index in [1.165, 1.54) is 20.4 Å². The average molecular weight is 433 g/mol. The number of aromatic nitrogens is 2. The summed E-state index contributed by atoms with van der Waals surface area (Å²) in [7, 11) is 2.78. The lowest BCUT2D eigenvalue weighted by molar-refractivity contribution is -0.140. The third-order valence-electron chi connectivity index (χ3n) is 5.37. The number of rotatable bonds is 5. The van der Waals surface area contributed by atoms with Crippen LogP contribution in [-0.4, -0.2) is 40.9 Å². The van der Waals surface area contributed by atoms with Crippen LogP contribution in [0.15, 0.2) is 40.9 Å². The second-order valence-corrected chi connectivity index (χ2v) is 7.22. The summed E-state index contributed by atoms with van der Waals surface area (Å²) in [5, 5.41) is 19.4. The van der Waals surface area contributed by atoms with Crippen LogP contribution >= 0.6 is 0 Å². The fraction of sp³-hybridized carbons (Fsp3) is 0.217. The summed E-state index contributed by atoms with van der Waals surface area (Å²) in [4.78, 5) is 28.6. The minimum Gasteiger partial charge on any atom is -0.496 e. The van der Waals surface area contributed by atoms with E-state index >= 15 is 0 Å². The van der Waals surface area contributed by atoms with Crippen LogP contribution in [0, 0.1) is 18.3 Å². The Morgan fingerprint density at radius 2 is 2.06 bits per heavy atom. The molecule has 0 aliphatic carbocycles. The molecular formula is C23H19N3O6. The van der Waals surface area contributed by atoms with Crippen molar-refractivity contribution < 1.29 is 28.6 Å². The number of methoxy groups -OCH3 is 2. The minimum absolute atomic E-state index is 0.110. The van der Waals surface area contributed by atoms with Gasteiger partial charge in [-0.15, -0.1) is 0 Å². The van der Waals surface area contributed by atoms with Gasteiger partial charge in [0.1, 0.15) is 11.3 Å². The number of esters is 1. The van der Waals surface area contributed by atoms with Crippen LogP contribution in [0.5, 0.6) is 5.75 Å². The first-order valence-electron chi connectivity index (χ1n) is 9.67. The van der Waals surface area contributed by atoms with Gasteiger partial charge in [-0.1, -0.05) is 0 Å². The first-order valence-corrected chi connectivity index (χ1v) is 9.67. The summed E-state index contributed by atoms with van der Waals surface area (Å²) in [6.07, 6.45) is 0.208. The van der Waals surface area contributed by atoms with Crippen molar-refractivity contribution in [3.05, 3.63) is 59.1 Å². The van der Waals surface area contributed by atoms with E-state index in [9.17, 15) is 14.7 Å². The largest absolute Gasteiger partial charge is 0.496 e. The van der Waals surface area contributed by atoms with Gasteiger partial charge in [0.25, 0.3) is 0 Å². The normalized spacial score (nSPS) is 11.9. The number of carboxylic acid groups (broad SMARTS) is 1. The zero-order valence-electron chi connectivity index (χ0n) is 17.6. The molecule has 0 amide bonds. The minimum atomic E-state index is -1.13. The highest BCUT2D eigenvalue weighted by molar-refractivity contribution is 5.95. The number of oxazole rings is 1. The Morgan fingerprint density at radius 3 is 2.72 bits per heavy atom. The molecule has 4 rings (SSSR count). The average Bonchev–Trinajstić information content (AvgIpc) is 3.41. The molecule has 0 fully saturated rings. The summed E-state index contributed by atoms with van der Waals surface area (Å²) in [5.41, 5.74) is 3.09. The zero-order chi connectivity index (χ0) is 23.0. The van der Waals surface area contributed by atoms with E-state index in [0.29, 0.717) is 44.4 Å². The Balaban J connectivity index is 2.00. The van der Waals surface area contributed by atoms with Crippen molar-refractivity contribution in [1.82, 2.24) is 9.55 Å². The molecule has 1 N–H and O–H groups in total. The lowest BCUT2D eigenvalue weighted by Crippen LogP contribution is -2.13. The van der Waals surface area contributed by atoms with Crippen LogP contribution in [0.25, 0.3) is 22.0 Å². The molecule has 2 heterocycles. The molecule has 9 nitrogen and oxygen atoms in total. The smallest absolute Gasteiger partial charge is 0.416 e. The third-order valence-corrected chi connectivity index (χ3v) is 5.37. The zero-order valence-corrected chi connectivity index (χ0v) is 17.6. The monoisotopic (exact) mass is 433 g/mol. The SMILES string of the molecule is COC(=O)CC(c1nc2cc(C#N)ccc2o1)c1c(OC)cc(C)c2c1ccn2C(=O)O. The molecule has 162 valence electrons. The van der Waals surface area contributed by atoms with Crippen molar-refractivity contribution in [2.24, 2.45) is 0 Å². The number of benzene rings is 2. The summed E-state index contributed by atoms with van der Waals surface area (Å²) in [5.74, 6) is -0.523. The number of nitrogens with zero attached hydrogens (tertiary/aromatic N) is 3. The van der Waals surface area contributed by atoms with Crippen LogP contribution in [0.2, 0.25) is 0 Å². The summed E-state index contributed by atoms with van der Waals surface area (Å²) in [6, 6.07) is 10.3. The molecule has 0 saturated heterocycles. The molecule has 0 aliphatic rings. The number of fused-ring (bicyclic) bond motifs is 2. The van der Waals surface area contributed by atoms with Gasteiger partial charge in [-0.05, 0) is 42.8 Å². The molecular weight excluding hydrogens is 414 g/mol. The van der Waals surface area contributed by atoms with Gasteiger partial charge in [-0.2, -0.15) is 5.26 Å². The summed E-state index contributed by atoms with van der Waals surface area (Å²) in [6.45, 7) is 1.78. The highest BCUT2D eigenvalue weighted by Gasteiger charge is 2.30. The van der Waals surface area contributed by atoms with Gasteiger partial charge in [0, 0.05) is 17.1 Å². The van der Waals surface area contributed by atoms with Crippen LogP contribution in [-0.2, 0) is 9.53 Å². The first kappa shape index (κ1) is 20.9. The Hall–Kier alpha value is -4.32. The van der Waals surface area contributed by atoms with E-state index < -0.39 is 18.0 Å². The van der Waals surface area contributed by atoms with Gasteiger partial charge in [-0.25, -0.2) is 9.78 Å². The van der Waals surface area contributed by atoms with Gasteiger partial charge >= 0.3 is 12.1 Å². The van der Waals surface area contributed by atoms with E-state index in [2.05, 4.69) is 11.1 Å². The van der Waals surface area contributed by atoms with Crippen molar-refractivity contribution >= 4 is 34.1 Å². The maximum atomic E-state index is 12.3. The van der Waals surface area contributed by atoms with Crippen LogP contribution in [0.4, 0.5) is 4.79 Å². The topological polar surface area (TPSA) is 128 Å². The van der Waals surface area contributed by atoms with Crippen LogP contribution in [0.1, 0.15) is 34.9 Å². The third kappa shape index (κ3) is 3.41. The summed E-state index contributed by atoms with van der Waals surface area (Å²) >= 11 is 0. The summed E-state index contributed by atoms with van der Waals surface area (Å²) < 4.78 is 17.6. The van der Waals surface area contributed by atoms with Gasteiger partial charge in [0.05, 0.1) is 43.7 Å². The molecule has 1 atom stereocenters. The van der Waals surface area contributed by atoms with E-state index in [0.717, 1.165) is 4.57 Å². The number of hydrogen-bond donors (Lipinski definition) is 1. The lowest BCUT2D eigenvalue weighted by atomic mass is 9.90. The van der Waals surface area contributed by atoms with Gasteiger partial charge in [0.2, 0.25) is 5.89 Å². The quantitative estimate of drug-likeness (QED) is 0.464. The molecule has 2 aromatic heterocycles. The van der Waals surface area contributed by atoms with E-state index in [-0.39, 0.29) is 12.3 Å². The molecule has 9 heteroatoms. The van der Waals surface area contributed by atoms with Crippen molar-refractivity contribution in [2.45, 2.75) is 19.3 Å². The standard InChI is InChI=1S/C23H19N3O6/c1-12-8-18(30-2)20(14-6-7-26(21(12)14)23(28)29)15(10-19(27)31-3)22-25-16-9-13(11-24)4-5-17(16)32-22/h4-9,15H,10H2,1-3H3,(H,28,29). The second-order valence-electron chi connectivity index (χ2n) is 7.22. The van der Waals surface area contributed by atoms with E-state index in [1.807, 2.05) is 0 Å². The fourth-order valence-electron chi connectivity index (χ4n) is 3.94. The van der Waals surface area contributed by atoms with Crippen molar-refractivity contribution in [2.75, 3.05) is 14.2 Å². The molecule has 4 aromatic rings. The maximum absolute atomic E-state index is 12.3. The Labute approximate surface area is 182 Å². The first-order chi connectivity index (χ1) is 15.4. The molecule has 0 bridgehead atoms. The van der Waals surface area contributed by atoms with Crippen molar-refractivity contribution in [1.29, 1.82) is 5.26 Å².